The van der Waals surface area contributed by atoms with Crippen LogP contribution in [0.15, 0.2) is 54.2 Å². The lowest BCUT2D eigenvalue weighted by atomic mass is 10.2. The van der Waals surface area contributed by atoms with Gasteiger partial charge in [-0.05, 0) is 30.7 Å². The van der Waals surface area contributed by atoms with Crippen molar-refractivity contribution in [3.63, 3.8) is 0 Å². The molecule has 0 aliphatic carbocycles. The minimum Gasteiger partial charge on any atom is -0.348 e. The number of hydrogen-bond acceptors (Lipinski definition) is 4. The molecule has 2 aromatic heterocycles. The molecule has 0 unspecified atom stereocenters. The number of amides is 1. The lowest BCUT2D eigenvalue weighted by Crippen LogP contribution is -2.21. The molecule has 1 N–H and O–H groups in total. The highest BCUT2D eigenvalue weighted by Crippen LogP contribution is 2.13. The lowest BCUT2D eigenvalue weighted by molar-refractivity contribution is -0.116. The van der Waals surface area contributed by atoms with Crippen molar-refractivity contribution in [2.24, 2.45) is 0 Å². The SMILES string of the molecule is Cc1nc(/C=C/C(=O)NCc2ccccc2-n2cccn2)cs1. The number of benzene rings is 1. The Morgan fingerprint density at radius 3 is 2.96 bits per heavy atom. The first kappa shape index (κ1) is 15.2. The molecule has 0 spiro atoms. The Bertz CT molecular complexity index is 821. The zero-order valence-corrected chi connectivity index (χ0v) is 13.5. The molecule has 0 atom stereocenters. The van der Waals surface area contributed by atoms with Crippen LogP contribution in [0.25, 0.3) is 11.8 Å². The minimum absolute atomic E-state index is 0.147. The summed E-state index contributed by atoms with van der Waals surface area (Å²) >= 11 is 1.56. The van der Waals surface area contributed by atoms with Crippen molar-refractivity contribution in [3.05, 3.63) is 70.4 Å². The molecule has 3 rings (SSSR count). The van der Waals surface area contributed by atoms with Crippen LogP contribution in [0.1, 0.15) is 16.3 Å². The molecular weight excluding hydrogens is 308 g/mol. The van der Waals surface area contributed by atoms with E-state index in [1.165, 1.54) is 6.08 Å². The number of nitrogens with zero attached hydrogens (tertiary/aromatic N) is 3. The maximum Gasteiger partial charge on any atom is 0.244 e. The fourth-order valence-corrected chi connectivity index (χ4v) is 2.73. The van der Waals surface area contributed by atoms with Gasteiger partial charge in [0.1, 0.15) is 0 Å². The van der Waals surface area contributed by atoms with Gasteiger partial charge in [-0.15, -0.1) is 11.3 Å². The first-order valence-corrected chi connectivity index (χ1v) is 8.06. The van der Waals surface area contributed by atoms with Crippen LogP contribution >= 0.6 is 11.3 Å². The largest absolute Gasteiger partial charge is 0.348 e. The number of rotatable bonds is 5. The van der Waals surface area contributed by atoms with E-state index in [2.05, 4.69) is 15.4 Å². The Kier molecular flexibility index (Phi) is 4.63. The predicted octanol–water partition coefficient (Wildman–Crippen LogP) is 2.97. The second-order valence-corrected chi connectivity index (χ2v) is 5.98. The number of aryl methyl sites for hydroxylation is 1. The zero-order valence-electron chi connectivity index (χ0n) is 12.6. The molecule has 0 saturated carbocycles. The summed E-state index contributed by atoms with van der Waals surface area (Å²) in [6, 6.07) is 9.72. The van der Waals surface area contributed by atoms with Gasteiger partial charge in [-0.3, -0.25) is 4.79 Å². The molecule has 3 aromatic rings. The number of aromatic nitrogens is 3. The summed E-state index contributed by atoms with van der Waals surface area (Å²) in [6.07, 6.45) is 6.84. The van der Waals surface area contributed by atoms with Crippen LogP contribution in [0.2, 0.25) is 0 Å². The van der Waals surface area contributed by atoms with Crippen molar-refractivity contribution in [1.29, 1.82) is 0 Å². The van der Waals surface area contributed by atoms with Crippen molar-refractivity contribution >= 4 is 23.3 Å². The lowest BCUT2D eigenvalue weighted by Gasteiger charge is -2.09. The first-order valence-electron chi connectivity index (χ1n) is 7.18. The second-order valence-electron chi connectivity index (χ2n) is 4.92. The van der Waals surface area contributed by atoms with Gasteiger partial charge in [0.2, 0.25) is 5.91 Å². The maximum absolute atomic E-state index is 11.9. The highest BCUT2D eigenvalue weighted by Gasteiger charge is 2.05. The zero-order chi connectivity index (χ0) is 16.1. The Morgan fingerprint density at radius 2 is 2.22 bits per heavy atom. The van der Waals surface area contributed by atoms with Crippen molar-refractivity contribution in [1.82, 2.24) is 20.1 Å². The Labute approximate surface area is 138 Å². The van der Waals surface area contributed by atoms with E-state index in [0.717, 1.165) is 22.0 Å². The van der Waals surface area contributed by atoms with Gasteiger partial charge in [-0.25, -0.2) is 9.67 Å². The van der Waals surface area contributed by atoms with Gasteiger partial charge in [-0.1, -0.05) is 18.2 Å². The van der Waals surface area contributed by atoms with E-state index >= 15 is 0 Å². The molecule has 0 aliphatic heterocycles. The van der Waals surface area contributed by atoms with E-state index in [-0.39, 0.29) is 5.91 Å². The summed E-state index contributed by atoms with van der Waals surface area (Å²) in [5.74, 6) is -0.147. The molecule has 0 saturated heterocycles. The number of para-hydroxylation sites is 1. The number of nitrogens with one attached hydrogen (secondary N) is 1. The average Bonchev–Trinajstić information content (AvgIpc) is 3.23. The summed E-state index contributed by atoms with van der Waals surface area (Å²) in [5.41, 5.74) is 2.76. The number of carbonyl (C=O) groups excluding carboxylic acids is 1. The predicted molar refractivity (Wildman–Crippen MR) is 91.3 cm³/mol. The molecule has 23 heavy (non-hydrogen) atoms. The molecule has 0 bridgehead atoms. The minimum atomic E-state index is -0.147. The fraction of sp³-hybridized carbons (Fsp3) is 0.118. The van der Waals surface area contributed by atoms with E-state index < -0.39 is 0 Å². The topological polar surface area (TPSA) is 59.8 Å². The van der Waals surface area contributed by atoms with E-state index in [1.54, 1.807) is 28.3 Å². The van der Waals surface area contributed by atoms with Crippen LogP contribution in [-0.4, -0.2) is 20.7 Å². The quantitative estimate of drug-likeness (QED) is 0.734. The molecule has 0 fully saturated rings. The molecule has 6 heteroatoms. The first-order chi connectivity index (χ1) is 11.2. The summed E-state index contributed by atoms with van der Waals surface area (Å²) in [4.78, 5) is 16.2. The van der Waals surface area contributed by atoms with Crippen LogP contribution in [0, 0.1) is 6.92 Å². The maximum atomic E-state index is 11.9. The van der Waals surface area contributed by atoms with Crippen LogP contribution < -0.4 is 5.32 Å². The molecular formula is C17H16N4OS. The molecule has 1 aromatic carbocycles. The Balaban J connectivity index is 1.64. The van der Waals surface area contributed by atoms with Gasteiger partial charge in [0.05, 0.1) is 16.4 Å². The normalized spacial score (nSPS) is 11.0. The van der Waals surface area contributed by atoms with E-state index in [1.807, 2.05) is 48.8 Å². The van der Waals surface area contributed by atoms with Crippen molar-refractivity contribution in [2.45, 2.75) is 13.5 Å². The summed E-state index contributed by atoms with van der Waals surface area (Å²) in [7, 11) is 0. The number of carbonyl (C=O) groups is 1. The molecule has 0 aliphatic rings. The number of hydrogen-bond donors (Lipinski definition) is 1. The monoisotopic (exact) mass is 324 g/mol. The van der Waals surface area contributed by atoms with Gasteiger partial charge in [-0.2, -0.15) is 5.10 Å². The molecule has 116 valence electrons. The average molecular weight is 324 g/mol. The van der Waals surface area contributed by atoms with Crippen molar-refractivity contribution in [2.75, 3.05) is 0 Å². The van der Waals surface area contributed by atoms with Gasteiger partial charge < -0.3 is 5.32 Å². The third kappa shape index (κ3) is 3.92. The van der Waals surface area contributed by atoms with Crippen LogP contribution in [0.3, 0.4) is 0 Å². The highest BCUT2D eigenvalue weighted by atomic mass is 32.1. The van der Waals surface area contributed by atoms with E-state index in [4.69, 9.17) is 0 Å². The van der Waals surface area contributed by atoms with E-state index in [9.17, 15) is 4.79 Å². The Hall–Kier alpha value is -2.73. The highest BCUT2D eigenvalue weighted by molar-refractivity contribution is 7.09. The third-order valence-corrected chi connectivity index (χ3v) is 4.03. The Morgan fingerprint density at radius 1 is 1.35 bits per heavy atom. The van der Waals surface area contributed by atoms with Crippen LogP contribution in [-0.2, 0) is 11.3 Å². The second kappa shape index (κ2) is 7.02. The van der Waals surface area contributed by atoms with E-state index in [0.29, 0.717) is 6.54 Å². The molecule has 1 amide bonds. The summed E-state index contributed by atoms with van der Waals surface area (Å²) < 4.78 is 1.79. The van der Waals surface area contributed by atoms with Gasteiger partial charge in [0.25, 0.3) is 0 Å². The molecule has 5 nitrogen and oxygen atoms in total. The third-order valence-electron chi connectivity index (χ3n) is 3.24. The smallest absolute Gasteiger partial charge is 0.244 e. The molecule has 0 radical (unpaired) electrons. The van der Waals surface area contributed by atoms with Crippen LogP contribution in [0.4, 0.5) is 0 Å². The fourth-order valence-electron chi connectivity index (χ4n) is 2.15. The summed E-state index contributed by atoms with van der Waals surface area (Å²) in [5, 5.41) is 10.0. The van der Waals surface area contributed by atoms with Crippen molar-refractivity contribution in [3.8, 4) is 5.69 Å². The standard InChI is InChI=1S/C17H16N4OS/c1-13-20-15(12-23-13)7-8-17(22)18-11-14-5-2-3-6-16(14)21-10-4-9-19-21/h2-10,12H,11H2,1H3,(H,18,22)/b8-7+. The number of thiazole rings is 1. The van der Waals surface area contributed by atoms with Crippen molar-refractivity contribution < 1.29 is 4.79 Å². The van der Waals surface area contributed by atoms with Crippen LogP contribution in [0.5, 0.6) is 0 Å². The van der Waals surface area contributed by atoms with Gasteiger partial charge in [0.15, 0.2) is 0 Å². The molecule has 2 heterocycles. The van der Waals surface area contributed by atoms with Gasteiger partial charge >= 0.3 is 0 Å². The summed E-state index contributed by atoms with van der Waals surface area (Å²) in [6.45, 7) is 2.38. The van der Waals surface area contributed by atoms with Gasteiger partial charge in [0, 0.05) is 30.4 Å².